The number of aryl methyl sites for hydroxylation is 3. The summed E-state index contributed by atoms with van der Waals surface area (Å²) in [6.07, 6.45) is 0. The van der Waals surface area contributed by atoms with Crippen molar-refractivity contribution >= 4 is 0 Å². The smallest absolute Gasteiger partial charge is 0.0178 e. The third-order valence-corrected chi connectivity index (χ3v) is 4.96. The van der Waals surface area contributed by atoms with Crippen molar-refractivity contribution in [1.82, 2.24) is 0 Å². The van der Waals surface area contributed by atoms with Crippen molar-refractivity contribution in [3.8, 4) is 33.4 Å². The molecule has 0 nitrogen and oxygen atoms in total. The molecule has 0 aliphatic carbocycles. The van der Waals surface area contributed by atoms with E-state index in [9.17, 15) is 0 Å². The molecule has 132 valence electrons. The molecule has 0 heterocycles. The largest absolute Gasteiger partial charge is 0.0614 e. The molecule has 0 radical (unpaired) electrons. The van der Waals surface area contributed by atoms with E-state index < -0.39 is 0 Å². The van der Waals surface area contributed by atoms with Crippen molar-refractivity contribution < 1.29 is 0 Å². The van der Waals surface area contributed by atoms with Gasteiger partial charge in [0.05, 0.1) is 0 Å². The van der Waals surface area contributed by atoms with Gasteiger partial charge in [-0.05, 0) is 66.3 Å². The van der Waals surface area contributed by atoms with Crippen LogP contribution in [0.3, 0.4) is 0 Å². The predicted octanol–water partition coefficient (Wildman–Crippen LogP) is 7.61. The van der Waals surface area contributed by atoms with Crippen LogP contribution < -0.4 is 0 Å². The first-order chi connectivity index (χ1) is 13.1. The van der Waals surface area contributed by atoms with Gasteiger partial charge in [-0.1, -0.05) is 95.6 Å². The van der Waals surface area contributed by atoms with Gasteiger partial charge in [-0.2, -0.15) is 0 Å². The van der Waals surface area contributed by atoms with Crippen LogP contribution in [-0.4, -0.2) is 0 Å². The Hall–Kier alpha value is -3.12. The molecule has 0 heteroatoms. The Bertz CT molecular complexity index is 1080. The van der Waals surface area contributed by atoms with Crippen molar-refractivity contribution in [2.45, 2.75) is 20.8 Å². The minimum atomic E-state index is 1.25. The van der Waals surface area contributed by atoms with E-state index in [-0.39, 0.29) is 0 Å². The molecule has 0 saturated carbocycles. The summed E-state index contributed by atoms with van der Waals surface area (Å²) in [7, 11) is 0. The van der Waals surface area contributed by atoms with E-state index in [4.69, 9.17) is 0 Å². The van der Waals surface area contributed by atoms with E-state index >= 15 is 0 Å². The number of hydrogen-bond acceptors (Lipinski definition) is 0. The molecule has 0 aliphatic heterocycles. The summed E-state index contributed by atoms with van der Waals surface area (Å²) in [6.45, 7) is 6.46. The first kappa shape index (κ1) is 17.3. The number of benzene rings is 4. The Balaban J connectivity index is 1.75. The van der Waals surface area contributed by atoms with Crippen LogP contribution in [0.4, 0.5) is 0 Å². The van der Waals surface area contributed by atoms with E-state index in [0.717, 1.165) is 0 Å². The van der Waals surface area contributed by atoms with Gasteiger partial charge in [-0.15, -0.1) is 0 Å². The maximum atomic E-state index is 2.30. The summed E-state index contributed by atoms with van der Waals surface area (Å²) >= 11 is 0. The minimum absolute atomic E-state index is 1.25. The summed E-state index contributed by atoms with van der Waals surface area (Å²) in [6, 6.07) is 33.1. The lowest BCUT2D eigenvalue weighted by molar-refractivity contribution is 1.38. The highest BCUT2D eigenvalue weighted by Crippen LogP contribution is 2.30. The fraction of sp³-hybridized carbons (Fsp3) is 0.111. The fourth-order valence-electron chi connectivity index (χ4n) is 3.72. The van der Waals surface area contributed by atoms with E-state index in [1.807, 2.05) is 0 Å². The molecule has 0 aromatic heterocycles. The van der Waals surface area contributed by atoms with Crippen LogP contribution in [0.1, 0.15) is 16.7 Å². The Labute approximate surface area is 162 Å². The Morgan fingerprint density at radius 1 is 0.333 bits per heavy atom. The quantitative estimate of drug-likeness (QED) is 0.357. The molecule has 0 aliphatic rings. The van der Waals surface area contributed by atoms with Crippen molar-refractivity contribution in [2.24, 2.45) is 0 Å². The van der Waals surface area contributed by atoms with Crippen LogP contribution in [-0.2, 0) is 0 Å². The van der Waals surface area contributed by atoms with Gasteiger partial charge in [0.15, 0.2) is 0 Å². The third-order valence-electron chi connectivity index (χ3n) is 4.96. The van der Waals surface area contributed by atoms with E-state index in [2.05, 4.69) is 112 Å². The summed E-state index contributed by atoms with van der Waals surface area (Å²) in [5.41, 5.74) is 11.5. The van der Waals surface area contributed by atoms with Gasteiger partial charge < -0.3 is 0 Å². The monoisotopic (exact) mass is 348 g/mol. The van der Waals surface area contributed by atoms with E-state index in [0.29, 0.717) is 0 Å². The Kier molecular flexibility index (Phi) is 4.64. The molecule has 27 heavy (non-hydrogen) atoms. The van der Waals surface area contributed by atoms with Gasteiger partial charge in [0, 0.05) is 0 Å². The molecule has 0 atom stereocenters. The van der Waals surface area contributed by atoms with Gasteiger partial charge in [0.2, 0.25) is 0 Å². The SMILES string of the molecule is Cc1cccc(-c2cccc(-c3cccc(-c4cc(C)cc(C)c4)c3)c2)c1. The first-order valence-corrected chi connectivity index (χ1v) is 9.45. The highest BCUT2D eigenvalue weighted by atomic mass is 14.1. The summed E-state index contributed by atoms with van der Waals surface area (Å²) in [5.74, 6) is 0. The summed E-state index contributed by atoms with van der Waals surface area (Å²) in [5, 5.41) is 0. The molecule has 0 bridgehead atoms. The van der Waals surface area contributed by atoms with Crippen LogP contribution in [0.5, 0.6) is 0 Å². The maximum absolute atomic E-state index is 2.30. The fourth-order valence-corrected chi connectivity index (χ4v) is 3.72. The predicted molar refractivity (Wildman–Crippen MR) is 117 cm³/mol. The zero-order valence-corrected chi connectivity index (χ0v) is 16.2. The zero-order chi connectivity index (χ0) is 18.8. The second kappa shape index (κ2) is 7.25. The maximum Gasteiger partial charge on any atom is -0.0178 e. The molecule has 0 N–H and O–H groups in total. The van der Waals surface area contributed by atoms with Gasteiger partial charge in [-0.3, -0.25) is 0 Å². The third kappa shape index (κ3) is 3.85. The lowest BCUT2D eigenvalue weighted by Crippen LogP contribution is -1.85. The highest BCUT2D eigenvalue weighted by molar-refractivity contribution is 5.77. The molecule has 4 aromatic carbocycles. The van der Waals surface area contributed by atoms with Gasteiger partial charge in [0.25, 0.3) is 0 Å². The normalized spacial score (nSPS) is 10.8. The first-order valence-electron chi connectivity index (χ1n) is 9.45. The average molecular weight is 348 g/mol. The second-order valence-corrected chi connectivity index (χ2v) is 7.41. The highest BCUT2D eigenvalue weighted by Gasteiger charge is 2.05. The van der Waals surface area contributed by atoms with E-state index in [1.54, 1.807) is 0 Å². The number of hydrogen-bond donors (Lipinski definition) is 0. The topological polar surface area (TPSA) is 0 Å². The number of rotatable bonds is 3. The summed E-state index contributed by atoms with van der Waals surface area (Å²) < 4.78 is 0. The molecule has 0 saturated heterocycles. The lowest BCUT2D eigenvalue weighted by Gasteiger charge is -2.10. The molecule has 0 unspecified atom stereocenters. The molecular weight excluding hydrogens is 324 g/mol. The molecule has 4 aromatic rings. The molecule has 0 fully saturated rings. The lowest BCUT2D eigenvalue weighted by atomic mass is 9.95. The van der Waals surface area contributed by atoms with Crippen molar-refractivity contribution in [3.63, 3.8) is 0 Å². The summed E-state index contributed by atoms with van der Waals surface area (Å²) in [4.78, 5) is 0. The zero-order valence-electron chi connectivity index (χ0n) is 16.2. The Morgan fingerprint density at radius 2 is 0.704 bits per heavy atom. The molecular formula is C27H24. The van der Waals surface area contributed by atoms with Crippen molar-refractivity contribution in [1.29, 1.82) is 0 Å². The van der Waals surface area contributed by atoms with Crippen molar-refractivity contribution in [2.75, 3.05) is 0 Å². The second-order valence-electron chi connectivity index (χ2n) is 7.41. The van der Waals surface area contributed by atoms with Crippen LogP contribution in [0.25, 0.3) is 33.4 Å². The minimum Gasteiger partial charge on any atom is -0.0614 e. The van der Waals surface area contributed by atoms with Crippen LogP contribution in [0.2, 0.25) is 0 Å². The van der Waals surface area contributed by atoms with Gasteiger partial charge in [-0.25, -0.2) is 0 Å². The standard InChI is InChI=1S/C27H24/c1-19-7-4-8-22(14-19)23-9-5-10-24(17-23)25-11-6-12-26(18-25)27-15-20(2)13-21(3)16-27/h4-18H,1-3H3. The molecule has 0 spiro atoms. The van der Waals surface area contributed by atoms with Crippen molar-refractivity contribution in [3.05, 3.63) is 108 Å². The van der Waals surface area contributed by atoms with Crippen LogP contribution >= 0.6 is 0 Å². The van der Waals surface area contributed by atoms with Gasteiger partial charge >= 0.3 is 0 Å². The van der Waals surface area contributed by atoms with Gasteiger partial charge in [0.1, 0.15) is 0 Å². The van der Waals surface area contributed by atoms with Crippen LogP contribution in [0.15, 0.2) is 91.0 Å². The molecule has 0 amide bonds. The Morgan fingerprint density at radius 3 is 1.19 bits per heavy atom. The molecule has 4 rings (SSSR count). The van der Waals surface area contributed by atoms with E-state index in [1.165, 1.54) is 50.1 Å². The van der Waals surface area contributed by atoms with Crippen LogP contribution in [0, 0.1) is 20.8 Å². The average Bonchev–Trinajstić information content (AvgIpc) is 2.67.